The third kappa shape index (κ3) is 4.82. The molecular weight excluding hydrogens is 234 g/mol. The zero-order chi connectivity index (χ0) is 14.0. The maximum absolute atomic E-state index is 11.7. The van der Waals surface area contributed by atoms with Crippen molar-refractivity contribution in [1.82, 2.24) is 5.32 Å². The second-order valence-corrected chi connectivity index (χ2v) is 6.03. The van der Waals surface area contributed by atoms with Crippen molar-refractivity contribution in [2.75, 3.05) is 6.61 Å². The molecule has 2 atom stereocenters. The van der Waals surface area contributed by atoms with E-state index in [1.165, 1.54) is 0 Å². The van der Waals surface area contributed by atoms with Crippen molar-refractivity contribution in [3.63, 3.8) is 0 Å². The molecule has 1 saturated heterocycles. The number of hydrogen-bond acceptors (Lipinski definition) is 4. The number of amides is 1. The summed E-state index contributed by atoms with van der Waals surface area (Å²) in [7, 11) is 0. The number of rotatable bonds is 3. The Labute approximate surface area is 109 Å². The van der Waals surface area contributed by atoms with E-state index in [2.05, 4.69) is 5.32 Å². The Bertz CT molecular complexity index is 296. The molecular formula is C13H25NO4. The van der Waals surface area contributed by atoms with E-state index in [1.54, 1.807) is 0 Å². The zero-order valence-electron chi connectivity index (χ0n) is 12.2. The van der Waals surface area contributed by atoms with E-state index in [-0.39, 0.29) is 12.1 Å². The third-order valence-electron chi connectivity index (χ3n) is 2.62. The molecule has 1 aliphatic rings. The molecule has 0 aromatic carbocycles. The molecule has 0 aliphatic carbocycles. The number of hydrogen-bond donors (Lipinski definition) is 1. The van der Waals surface area contributed by atoms with Gasteiger partial charge in [0.15, 0.2) is 5.79 Å². The van der Waals surface area contributed by atoms with Gasteiger partial charge in [-0.05, 0) is 41.0 Å². The summed E-state index contributed by atoms with van der Waals surface area (Å²) < 4.78 is 16.5. The van der Waals surface area contributed by atoms with Crippen LogP contribution in [0.5, 0.6) is 0 Å². The van der Waals surface area contributed by atoms with Crippen LogP contribution in [-0.2, 0) is 14.2 Å². The van der Waals surface area contributed by atoms with Gasteiger partial charge >= 0.3 is 6.09 Å². The highest BCUT2D eigenvalue weighted by atomic mass is 16.7. The van der Waals surface area contributed by atoms with Crippen LogP contribution in [0.2, 0.25) is 0 Å². The topological polar surface area (TPSA) is 56.8 Å². The van der Waals surface area contributed by atoms with E-state index >= 15 is 0 Å². The average Bonchev–Trinajstić information content (AvgIpc) is 2.52. The van der Waals surface area contributed by atoms with Gasteiger partial charge in [-0.2, -0.15) is 0 Å². The van der Waals surface area contributed by atoms with Crippen molar-refractivity contribution >= 4 is 6.09 Å². The molecule has 0 unspecified atom stereocenters. The van der Waals surface area contributed by atoms with Crippen LogP contribution < -0.4 is 5.32 Å². The lowest BCUT2D eigenvalue weighted by molar-refractivity contribution is -0.141. The highest BCUT2D eigenvalue weighted by Gasteiger charge is 2.37. The summed E-state index contributed by atoms with van der Waals surface area (Å²) in [5.41, 5.74) is -0.491. The molecule has 1 rings (SSSR count). The number of alkyl carbamates (subject to hydrolysis) is 1. The Kier molecular flexibility index (Phi) is 4.61. The lowest BCUT2D eigenvalue weighted by Gasteiger charge is -2.26. The number of carbonyl (C=O) groups excluding carboxylic acids is 1. The van der Waals surface area contributed by atoms with Crippen LogP contribution in [0.25, 0.3) is 0 Å². The van der Waals surface area contributed by atoms with E-state index in [0.29, 0.717) is 6.61 Å². The molecule has 1 amide bonds. The van der Waals surface area contributed by atoms with Gasteiger partial charge in [-0.3, -0.25) is 0 Å². The second-order valence-electron chi connectivity index (χ2n) is 6.03. The van der Waals surface area contributed by atoms with E-state index in [0.717, 1.165) is 6.42 Å². The Morgan fingerprint density at radius 3 is 2.50 bits per heavy atom. The summed E-state index contributed by atoms with van der Waals surface area (Å²) in [6.07, 6.45) is 0.226. The standard InChI is InChI=1S/C13H25NO4/c1-7-9(10-8-16-13(5,6)17-10)14-11(15)18-12(2,3)4/h9-10H,7-8H2,1-6H3,(H,14,15)/t9-,10+/m1/s1. The van der Waals surface area contributed by atoms with Crippen LogP contribution in [0.3, 0.4) is 0 Å². The zero-order valence-corrected chi connectivity index (χ0v) is 12.2. The smallest absolute Gasteiger partial charge is 0.407 e. The first-order chi connectivity index (χ1) is 8.13. The minimum atomic E-state index is -0.576. The molecule has 0 bridgehead atoms. The van der Waals surface area contributed by atoms with Crippen LogP contribution in [0.15, 0.2) is 0 Å². The Balaban J connectivity index is 2.50. The van der Waals surface area contributed by atoms with E-state index in [9.17, 15) is 4.79 Å². The van der Waals surface area contributed by atoms with Crippen molar-refractivity contribution < 1.29 is 19.0 Å². The average molecular weight is 259 g/mol. The van der Waals surface area contributed by atoms with Crippen LogP contribution >= 0.6 is 0 Å². The predicted octanol–water partition coefficient (Wildman–Crippen LogP) is 2.44. The van der Waals surface area contributed by atoms with Gasteiger partial charge < -0.3 is 19.5 Å². The minimum Gasteiger partial charge on any atom is -0.444 e. The van der Waals surface area contributed by atoms with Crippen molar-refractivity contribution in [3.05, 3.63) is 0 Å². The van der Waals surface area contributed by atoms with Crippen molar-refractivity contribution in [3.8, 4) is 0 Å². The molecule has 0 saturated carbocycles. The lowest BCUT2D eigenvalue weighted by Crippen LogP contribution is -2.46. The minimum absolute atomic E-state index is 0.0957. The fourth-order valence-electron chi connectivity index (χ4n) is 1.83. The van der Waals surface area contributed by atoms with Crippen LogP contribution in [0.4, 0.5) is 4.79 Å². The largest absolute Gasteiger partial charge is 0.444 e. The molecule has 1 fully saturated rings. The Hall–Kier alpha value is -0.810. The Morgan fingerprint density at radius 2 is 2.11 bits per heavy atom. The van der Waals surface area contributed by atoms with Crippen LogP contribution in [0, 0.1) is 0 Å². The fraction of sp³-hybridized carbons (Fsp3) is 0.923. The fourth-order valence-corrected chi connectivity index (χ4v) is 1.83. The monoisotopic (exact) mass is 259 g/mol. The first-order valence-electron chi connectivity index (χ1n) is 6.44. The molecule has 18 heavy (non-hydrogen) atoms. The summed E-state index contributed by atoms with van der Waals surface area (Å²) in [6, 6.07) is -0.0957. The first kappa shape index (κ1) is 15.2. The highest BCUT2D eigenvalue weighted by Crippen LogP contribution is 2.25. The molecule has 5 nitrogen and oxygen atoms in total. The first-order valence-corrected chi connectivity index (χ1v) is 6.44. The Morgan fingerprint density at radius 1 is 1.50 bits per heavy atom. The second kappa shape index (κ2) is 5.45. The molecule has 0 radical (unpaired) electrons. The molecule has 0 spiro atoms. The quantitative estimate of drug-likeness (QED) is 0.845. The molecule has 5 heteroatoms. The third-order valence-corrected chi connectivity index (χ3v) is 2.62. The van der Waals surface area contributed by atoms with Crippen molar-refractivity contribution in [1.29, 1.82) is 0 Å². The van der Waals surface area contributed by atoms with Crippen LogP contribution in [-0.4, -0.2) is 36.2 Å². The number of nitrogens with one attached hydrogen (secondary N) is 1. The maximum Gasteiger partial charge on any atom is 0.407 e. The maximum atomic E-state index is 11.7. The number of ether oxygens (including phenoxy) is 3. The molecule has 1 heterocycles. The van der Waals surface area contributed by atoms with E-state index in [1.807, 2.05) is 41.5 Å². The molecule has 0 aromatic rings. The van der Waals surface area contributed by atoms with Gasteiger partial charge in [0.2, 0.25) is 0 Å². The summed E-state index contributed by atoms with van der Waals surface area (Å²) in [6.45, 7) is 11.7. The normalized spacial score (nSPS) is 24.7. The van der Waals surface area contributed by atoms with E-state index < -0.39 is 17.5 Å². The summed E-state index contributed by atoms with van der Waals surface area (Å²) in [4.78, 5) is 11.7. The molecule has 0 aromatic heterocycles. The summed E-state index contributed by atoms with van der Waals surface area (Å²) >= 11 is 0. The SMILES string of the molecule is CC[C@@H](NC(=O)OC(C)(C)C)[C@@H]1COC(C)(C)O1. The molecule has 1 aliphatic heterocycles. The van der Waals surface area contributed by atoms with Gasteiger partial charge in [-0.1, -0.05) is 6.92 Å². The number of carbonyl (C=O) groups is 1. The summed E-state index contributed by atoms with van der Waals surface area (Å²) in [5, 5.41) is 2.84. The van der Waals surface area contributed by atoms with Crippen molar-refractivity contribution in [2.24, 2.45) is 0 Å². The van der Waals surface area contributed by atoms with Gasteiger partial charge in [-0.15, -0.1) is 0 Å². The van der Waals surface area contributed by atoms with Crippen LogP contribution in [0.1, 0.15) is 48.0 Å². The molecule has 1 N–H and O–H groups in total. The molecule has 106 valence electrons. The van der Waals surface area contributed by atoms with Gasteiger partial charge in [0.25, 0.3) is 0 Å². The van der Waals surface area contributed by atoms with Crippen molar-refractivity contribution in [2.45, 2.75) is 71.5 Å². The van der Waals surface area contributed by atoms with Gasteiger partial charge in [-0.25, -0.2) is 4.79 Å². The predicted molar refractivity (Wildman–Crippen MR) is 68.4 cm³/mol. The lowest BCUT2D eigenvalue weighted by atomic mass is 10.1. The van der Waals surface area contributed by atoms with Gasteiger partial charge in [0.1, 0.15) is 11.7 Å². The van der Waals surface area contributed by atoms with Gasteiger partial charge in [0, 0.05) is 0 Å². The highest BCUT2D eigenvalue weighted by molar-refractivity contribution is 5.68. The van der Waals surface area contributed by atoms with E-state index in [4.69, 9.17) is 14.2 Å². The van der Waals surface area contributed by atoms with Gasteiger partial charge in [0.05, 0.1) is 12.6 Å². The summed E-state index contributed by atoms with van der Waals surface area (Å²) in [5.74, 6) is -0.576.